The summed E-state index contributed by atoms with van der Waals surface area (Å²) in [6.07, 6.45) is 2.17. The lowest BCUT2D eigenvalue weighted by molar-refractivity contribution is -0.140. The number of pyridine rings is 1. The molecule has 1 amide bonds. The third kappa shape index (κ3) is 3.86. The summed E-state index contributed by atoms with van der Waals surface area (Å²) in [5.74, 6) is -0.865. The molecule has 0 spiro atoms. The first-order chi connectivity index (χ1) is 15.0. The molecule has 0 saturated carbocycles. The zero-order chi connectivity index (χ0) is 22.0. The molecule has 8 nitrogen and oxygen atoms in total. The number of likely N-dealkylation sites (tertiary alicyclic amines) is 1. The summed E-state index contributed by atoms with van der Waals surface area (Å²) in [5.41, 5.74) is 1.84. The number of likely N-dealkylation sites (N-methyl/N-ethyl adjacent to an activating group) is 1. The minimum Gasteiger partial charge on any atom is -0.507 e. The van der Waals surface area contributed by atoms with Gasteiger partial charge in [-0.3, -0.25) is 14.6 Å². The van der Waals surface area contributed by atoms with E-state index in [-0.39, 0.29) is 11.3 Å². The van der Waals surface area contributed by atoms with Crippen LogP contribution in [0.15, 0.2) is 48.2 Å². The average molecular weight is 423 g/mol. The fraction of sp³-hybridized carbons (Fsp3) is 0.348. The molecule has 2 aromatic rings. The lowest BCUT2D eigenvalue weighted by Crippen LogP contribution is -2.31. The highest BCUT2D eigenvalue weighted by atomic mass is 16.5. The van der Waals surface area contributed by atoms with Crippen LogP contribution in [0.2, 0.25) is 0 Å². The summed E-state index contributed by atoms with van der Waals surface area (Å²) < 4.78 is 10.8. The molecule has 3 heterocycles. The Bertz CT molecular complexity index is 1020. The number of aromatic nitrogens is 1. The van der Waals surface area contributed by atoms with Gasteiger partial charge in [0, 0.05) is 39.1 Å². The Balaban J connectivity index is 1.80. The van der Waals surface area contributed by atoms with Crippen LogP contribution in [0.3, 0.4) is 0 Å². The number of hydrogen-bond acceptors (Lipinski definition) is 7. The van der Waals surface area contributed by atoms with E-state index < -0.39 is 17.7 Å². The molecule has 1 unspecified atom stereocenters. The largest absolute Gasteiger partial charge is 0.507 e. The third-order valence-corrected chi connectivity index (χ3v) is 5.58. The van der Waals surface area contributed by atoms with Crippen LogP contribution in [0.4, 0.5) is 5.69 Å². The minimum absolute atomic E-state index is 0.0421. The molecule has 2 aliphatic rings. The van der Waals surface area contributed by atoms with Gasteiger partial charge in [0.2, 0.25) is 0 Å². The van der Waals surface area contributed by atoms with Gasteiger partial charge in [0.1, 0.15) is 24.2 Å². The third-order valence-electron chi connectivity index (χ3n) is 5.58. The van der Waals surface area contributed by atoms with Crippen molar-refractivity contribution in [3.63, 3.8) is 0 Å². The van der Waals surface area contributed by atoms with E-state index in [1.54, 1.807) is 49.7 Å². The second-order valence-corrected chi connectivity index (χ2v) is 7.55. The Morgan fingerprint density at radius 2 is 2.13 bits per heavy atom. The molecule has 1 N–H and O–H groups in total. The predicted octanol–water partition coefficient (Wildman–Crippen LogP) is 2.37. The number of rotatable bonds is 6. The average Bonchev–Trinajstić information content (AvgIpc) is 3.04. The van der Waals surface area contributed by atoms with Crippen molar-refractivity contribution in [2.75, 3.05) is 45.4 Å². The highest BCUT2D eigenvalue weighted by Gasteiger charge is 2.46. The van der Waals surface area contributed by atoms with Crippen molar-refractivity contribution in [2.45, 2.75) is 12.5 Å². The van der Waals surface area contributed by atoms with Gasteiger partial charge in [0.15, 0.2) is 0 Å². The van der Waals surface area contributed by atoms with Gasteiger partial charge >= 0.3 is 0 Å². The first kappa shape index (κ1) is 20.9. The summed E-state index contributed by atoms with van der Waals surface area (Å²) in [4.78, 5) is 33.7. The second-order valence-electron chi connectivity index (χ2n) is 7.55. The molecule has 0 radical (unpaired) electrons. The van der Waals surface area contributed by atoms with Crippen LogP contribution in [0.1, 0.15) is 23.7 Å². The van der Waals surface area contributed by atoms with E-state index in [1.165, 1.54) is 4.90 Å². The number of fused-ring (bicyclic) bond motifs is 1. The van der Waals surface area contributed by atoms with Crippen molar-refractivity contribution in [3.05, 3.63) is 59.4 Å². The number of Topliss-reactive ketones (excluding diaryl/α,β-unsaturated/α-hetero) is 1. The molecule has 2 aliphatic heterocycles. The van der Waals surface area contributed by atoms with Gasteiger partial charge in [-0.25, -0.2) is 0 Å². The van der Waals surface area contributed by atoms with Gasteiger partial charge in [-0.05, 0) is 36.8 Å². The molecule has 1 aromatic heterocycles. The van der Waals surface area contributed by atoms with E-state index in [9.17, 15) is 14.7 Å². The van der Waals surface area contributed by atoms with Crippen LogP contribution < -0.4 is 9.64 Å². The molecule has 1 saturated heterocycles. The SMILES string of the molecule is COCCCN1C(=O)C(=O)/C(=C(\O)c2ccc3c(c2)N(C)CCO3)C1c1ccccn1. The van der Waals surface area contributed by atoms with Crippen LogP contribution in [0.25, 0.3) is 5.76 Å². The first-order valence-electron chi connectivity index (χ1n) is 10.2. The van der Waals surface area contributed by atoms with Crippen LogP contribution in [-0.2, 0) is 14.3 Å². The van der Waals surface area contributed by atoms with E-state index >= 15 is 0 Å². The summed E-state index contributed by atoms with van der Waals surface area (Å²) in [6.45, 7) is 2.07. The predicted molar refractivity (Wildman–Crippen MR) is 115 cm³/mol. The molecule has 1 fully saturated rings. The monoisotopic (exact) mass is 423 g/mol. The lowest BCUT2D eigenvalue weighted by atomic mass is 9.97. The summed E-state index contributed by atoms with van der Waals surface area (Å²) in [5, 5.41) is 11.2. The zero-order valence-electron chi connectivity index (χ0n) is 17.6. The van der Waals surface area contributed by atoms with Crippen LogP contribution in [0.5, 0.6) is 5.75 Å². The van der Waals surface area contributed by atoms with E-state index in [1.807, 2.05) is 11.9 Å². The van der Waals surface area contributed by atoms with Crippen LogP contribution >= 0.6 is 0 Å². The Morgan fingerprint density at radius 3 is 2.87 bits per heavy atom. The molecule has 0 aliphatic carbocycles. The number of aliphatic hydroxyl groups is 1. The number of carbonyl (C=O) groups is 2. The molecule has 8 heteroatoms. The number of ketones is 1. The number of carbonyl (C=O) groups excluding carboxylic acids is 2. The van der Waals surface area contributed by atoms with Crippen molar-refractivity contribution >= 4 is 23.1 Å². The fourth-order valence-corrected chi connectivity index (χ4v) is 3.99. The van der Waals surface area contributed by atoms with Crippen molar-refractivity contribution in [2.24, 2.45) is 0 Å². The molecule has 0 bridgehead atoms. The van der Waals surface area contributed by atoms with E-state index in [0.29, 0.717) is 43.2 Å². The molecule has 1 aromatic carbocycles. The van der Waals surface area contributed by atoms with E-state index in [4.69, 9.17) is 9.47 Å². The fourth-order valence-electron chi connectivity index (χ4n) is 3.99. The minimum atomic E-state index is -0.761. The summed E-state index contributed by atoms with van der Waals surface area (Å²) in [7, 11) is 3.52. The van der Waals surface area contributed by atoms with Gasteiger partial charge in [0.05, 0.1) is 23.5 Å². The normalized spacial score (nSPS) is 20.0. The maximum atomic E-state index is 13.0. The highest BCUT2D eigenvalue weighted by Crippen LogP contribution is 2.40. The Morgan fingerprint density at radius 1 is 1.29 bits per heavy atom. The van der Waals surface area contributed by atoms with Crippen LogP contribution in [0, 0.1) is 0 Å². The van der Waals surface area contributed by atoms with Gasteiger partial charge in [-0.2, -0.15) is 0 Å². The van der Waals surface area contributed by atoms with Gasteiger partial charge in [0.25, 0.3) is 11.7 Å². The highest BCUT2D eigenvalue weighted by molar-refractivity contribution is 6.46. The summed E-state index contributed by atoms with van der Waals surface area (Å²) in [6, 6.07) is 9.79. The number of methoxy groups -OCH3 is 1. The molecule has 1 atom stereocenters. The molecule has 4 rings (SSSR count). The number of aliphatic hydroxyl groups excluding tert-OH is 1. The summed E-state index contributed by atoms with van der Waals surface area (Å²) >= 11 is 0. The van der Waals surface area contributed by atoms with Crippen molar-refractivity contribution in [1.29, 1.82) is 0 Å². The Kier molecular flexibility index (Phi) is 5.90. The number of anilines is 1. The number of amides is 1. The van der Waals surface area contributed by atoms with E-state index in [0.717, 1.165) is 12.2 Å². The number of nitrogens with zero attached hydrogens (tertiary/aromatic N) is 3. The topological polar surface area (TPSA) is 92.2 Å². The van der Waals surface area contributed by atoms with Crippen LogP contribution in [-0.4, -0.2) is 67.1 Å². The number of ether oxygens (including phenoxy) is 2. The quantitative estimate of drug-likeness (QED) is 0.330. The smallest absolute Gasteiger partial charge is 0.295 e. The maximum absolute atomic E-state index is 13.0. The molecule has 162 valence electrons. The van der Waals surface area contributed by atoms with Crippen molar-refractivity contribution in [3.8, 4) is 5.75 Å². The van der Waals surface area contributed by atoms with E-state index in [2.05, 4.69) is 4.98 Å². The van der Waals surface area contributed by atoms with Crippen molar-refractivity contribution in [1.82, 2.24) is 9.88 Å². The van der Waals surface area contributed by atoms with Gasteiger partial charge in [-0.15, -0.1) is 0 Å². The maximum Gasteiger partial charge on any atom is 0.295 e. The van der Waals surface area contributed by atoms with Gasteiger partial charge in [-0.1, -0.05) is 6.07 Å². The second kappa shape index (κ2) is 8.77. The zero-order valence-corrected chi connectivity index (χ0v) is 17.6. The Hall–Kier alpha value is -3.39. The van der Waals surface area contributed by atoms with Gasteiger partial charge < -0.3 is 24.4 Å². The molecule has 31 heavy (non-hydrogen) atoms. The Labute approximate surface area is 180 Å². The number of hydrogen-bond donors (Lipinski definition) is 1. The van der Waals surface area contributed by atoms with Crippen molar-refractivity contribution < 1.29 is 24.2 Å². The molecular formula is C23H25N3O5. The lowest BCUT2D eigenvalue weighted by Gasteiger charge is -2.28. The standard InChI is InChI=1S/C23H25N3O5/c1-25-11-13-31-18-8-7-15(14-17(18)25)21(27)19-20(16-6-3-4-9-24-16)26(10-5-12-30-2)23(29)22(19)28/h3-4,6-9,14,20,27H,5,10-13H2,1-2H3/b21-19-. The number of benzene rings is 1. The first-order valence-corrected chi connectivity index (χ1v) is 10.2. The molecular weight excluding hydrogens is 398 g/mol.